The number of nitro groups is 1. The molecule has 0 radical (unpaired) electrons. The number of nitrogens with one attached hydrogen (secondary N) is 1. The lowest BCUT2D eigenvalue weighted by molar-refractivity contribution is -0.387. The summed E-state index contributed by atoms with van der Waals surface area (Å²) in [6, 6.07) is 7.08. The van der Waals surface area contributed by atoms with Gasteiger partial charge in [0, 0.05) is 11.6 Å². The molecule has 0 fully saturated rings. The van der Waals surface area contributed by atoms with E-state index in [2.05, 4.69) is 20.6 Å². The molecule has 0 saturated carbocycles. The summed E-state index contributed by atoms with van der Waals surface area (Å²) in [4.78, 5) is 10.2. The van der Waals surface area contributed by atoms with Crippen molar-refractivity contribution in [1.82, 2.24) is 20.6 Å². The van der Waals surface area contributed by atoms with Gasteiger partial charge in [-0.2, -0.15) is 9.60 Å². The second-order valence-corrected chi connectivity index (χ2v) is 4.91. The Morgan fingerprint density at radius 2 is 1.88 bits per heavy atom. The monoisotopic (exact) mass is 345 g/mol. The van der Waals surface area contributed by atoms with Gasteiger partial charge in [0.15, 0.2) is 11.5 Å². The predicted octanol–water partition coefficient (Wildman–Crippen LogP) is 2.60. The summed E-state index contributed by atoms with van der Waals surface area (Å²) < 4.78 is 24.6. The molecule has 0 aliphatic carbocycles. The molecule has 0 spiro atoms. The molecule has 9 nitrogen and oxygen atoms in total. The number of nitro benzene ring substituents is 1. The first-order valence-electron chi connectivity index (χ1n) is 6.99. The van der Waals surface area contributed by atoms with Crippen LogP contribution in [0.2, 0.25) is 0 Å². The molecule has 25 heavy (non-hydrogen) atoms. The van der Waals surface area contributed by atoms with Crippen LogP contribution >= 0.6 is 0 Å². The number of benzene rings is 2. The lowest BCUT2D eigenvalue weighted by atomic mass is 9.97. The van der Waals surface area contributed by atoms with Crippen LogP contribution in [0.4, 0.5) is 10.1 Å². The zero-order valence-corrected chi connectivity index (χ0v) is 13.2. The van der Waals surface area contributed by atoms with Crippen molar-refractivity contribution in [3.05, 3.63) is 46.3 Å². The average molecular weight is 345 g/mol. The van der Waals surface area contributed by atoms with E-state index in [1.165, 1.54) is 14.2 Å². The van der Waals surface area contributed by atoms with E-state index in [0.29, 0.717) is 22.6 Å². The number of aromatic nitrogens is 4. The van der Waals surface area contributed by atoms with Crippen molar-refractivity contribution in [2.75, 3.05) is 14.2 Å². The molecule has 1 aromatic heterocycles. The van der Waals surface area contributed by atoms with Gasteiger partial charge in [-0.1, -0.05) is 6.07 Å². The van der Waals surface area contributed by atoms with Gasteiger partial charge in [-0.15, -0.1) is 10.2 Å². The van der Waals surface area contributed by atoms with Crippen LogP contribution < -0.4 is 9.47 Å². The number of H-pyrrole nitrogens is 1. The highest BCUT2D eigenvalue weighted by molar-refractivity contribution is 5.83. The van der Waals surface area contributed by atoms with E-state index in [-0.39, 0.29) is 11.4 Å². The number of hydrogen-bond donors (Lipinski definition) is 1. The molecule has 10 heteroatoms. The number of ether oxygens (including phenoxy) is 2. The van der Waals surface area contributed by atoms with E-state index in [1.54, 1.807) is 18.2 Å². The summed E-state index contributed by atoms with van der Waals surface area (Å²) in [5, 5.41) is 24.4. The number of nitrogens with zero attached hydrogens (tertiary/aromatic N) is 4. The minimum atomic E-state index is -0.970. The van der Waals surface area contributed by atoms with Gasteiger partial charge < -0.3 is 9.47 Å². The maximum atomic E-state index is 14.2. The minimum absolute atomic E-state index is 0.105. The van der Waals surface area contributed by atoms with Crippen LogP contribution in [0.25, 0.3) is 22.5 Å². The Balaban J connectivity index is 2.25. The summed E-state index contributed by atoms with van der Waals surface area (Å²) in [6.45, 7) is 0. The first kappa shape index (κ1) is 16.3. The van der Waals surface area contributed by atoms with Gasteiger partial charge in [-0.25, -0.2) is 0 Å². The van der Waals surface area contributed by atoms with Crippen molar-refractivity contribution in [3.8, 4) is 34.0 Å². The van der Waals surface area contributed by atoms with Crippen LogP contribution in [-0.2, 0) is 0 Å². The van der Waals surface area contributed by atoms with E-state index in [9.17, 15) is 14.5 Å². The zero-order chi connectivity index (χ0) is 18.0. The molecule has 0 bridgehead atoms. The van der Waals surface area contributed by atoms with Crippen molar-refractivity contribution < 1.29 is 18.8 Å². The van der Waals surface area contributed by atoms with E-state index < -0.39 is 16.4 Å². The fourth-order valence-electron chi connectivity index (χ4n) is 2.41. The summed E-state index contributed by atoms with van der Waals surface area (Å²) in [5.41, 5.74) is 0.481. The van der Waals surface area contributed by atoms with Gasteiger partial charge >= 0.3 is 5.69 Å². The van der Waals surface area contributed by atoms with Crippen LogP contribution in [-0.4, -0.2) is 39.8 Å². The maximum absolute atomic E-state index is 14.2. The van der Waals surface area contributed by atoms with E-state index >= 15 is 0 Å². The Morgan fingerprint density at radius 1 is 1.12 bits per heavy atom. The molecular weight excluding hydrogens is 333 g/mol. The highest BCUT2D eigenvalue weighted by Crippen LogP contribution is 2.38. The number of rotatable bonds is 5. The Kier molecular flexibility index (Phi) is 4.25. The molecule has 0 amide bonds. The second kappa shape index (κ2) is 6.51. The van der Waals surface area contributed by atoms with Gasteiger partial charge in [0.2, 0.25) is 11.6 Å². The lowest BCUT2D eigenvalue weighted by Gasteiger charge is -2.12. The van der Waals surface area contributed by atoms with Crippen molar-refractivity contribution >= 4 is 5.69 Å². The summed E-state index contributed by atoms with van der Waals surface area (Å²) in [7, 11) is 2.96. The van der Waals surface area contributed by atoms with Crippen LogP contribution in [0.1, 0.15) is 0 Å². The lowest BCUT2D eigenvalue weighted by Crippen LogP contribution is -1.97. The van der Waals surface area contributed by atoms with Crippen molar-refractivity contribution in [2.24, 2.45) is 0 Å². The fraction of sp³-hybridized carbons (Fsp3) is 0.133. The third-order valence-electron chi connectivity index (χ3n) is 3.56. The van der Waals surface area contributed by atoms with Gasteiger partial charge in [-0.05, 0) is 34.5 Å². The Morgan fingerprint density at radius 3 is 2.48 bits per heavy atom. The van der Waals surface area contributed by atoms with Gasteiger partial charge in [0.25, 0.3) is 0 Å². The van der Waals surface area contributed by atoms with Gasteiger partial charge in [-0.3, -0.25) is 10.1 Å². The third kappa shape index (κ3) is 2.96. The smallest absolute Gasteiger partial charge is 0.305 e. The molecule has 0 unspecified atom stereocenters. The van der Waals surface area contributed by atoms with Crippen LogP contribution in [0.5, 0.6) is 11.5 Å². The quantitative estimate of drug-likeness (QED) is 0.558. The molecule has 2 aromatic carbocycles. The van der Waals surface area contributed by atoms with Crippen molar-refractivity contribution in [1.29, 1.82) is 0 Å². The Labute approximate surface area is 140 Å². The second-order valence-electron chi connectivity index (χ2n) is 4.91. The number of hydrogen-bond acceptors (Lipinski definition) is 7. The van der Waals surface area contributed by atoms with Crippen LogP contribution in [0.3, 0.4) is 0 Å². The van der Waals surface area contributed by atoms with E-state index in [1.807, 2.05) is 0 Å². The van der Waals surface area contributed by atoms with Gasteiger partial charge in [0.05, 0.1) is 19.1 Å². The normalized spacial score (nSPS) is 10.5. The fourth-order valence-corrected chi connectivity index (χ4v) is 2.41. The predicted molar refractivity (Wildman–Crippen MR) is 84.8 cm³/mol. The van der Waals surface area contributed by atoms with Crippen LogP contribution in [0.15, 0.2) is 30.3 Å². The van der Waals surface area contributed by atoms with Crippen molar-refractivity contribution in [3.63, 3.8) is 0 Å². The molecule has 0 aliphatic rings. The number of aromatic amines is 1. The number of methoxy groups -OCH3 is 2. The van der Waals surface area contributed by atoms with E-state index in [4.69, 9.17) is 9.47 Å². The topological polar surface area (TPSA) is 116 Å². The summed E-state index contributed by atoms with van der Waals surface area (Å²) in [5.74, 6) is 0.0579. The summed E-state index contributed by atoms with van der Waals surface area (Å²) >= 11 is 0. The zero-order valence-electron chi connectivity index (χ0n) is 13.2. The molecule has 1 heterocycles. The largest absolute Gasteiger partial charge is 0.493 e. The molecule has 0 atom stereocenters. The standard InChI is InChI=1S/C15H12FN5O4/c1-24-13-4-3-8(5-14(13)25-2)9-6-11(16)12(21(22)23)7-10(9)15-17-19-20-18-15/h3-7H,1-2H3,(H,17,18,19,20). The van der Waals surface area contributed by atoms with Crippen LogP contribution in [0, 0.1) is 15.9 Å². The first-order chi connectivity index (χ1) is 12.0. The molecule has 1 N–H and O–H groups in total. The molecular formula is C15H12FN5O4. The molecule has 0 aliphatic heterocycles. The SMILES string of the molecule is COc1ccc(-c2cc(F)c([N+](=O)[O-])cc2-c2nn[nH]n2)cc1OC. The average Bonchev–Trinajstić information content (AvgIpc) is 3.15. The Bertz CT molecular complexity index is 930. The van der Waals surface area contributed by atoms with E-state index in [0.717, 1.165) is 12.1 Å². The molecule has 0 saturated heterocycles. The highest BCUT2D eigenvalue weighted by Gasteiger charge is 2.22. The molecule has 128 valence electrons. The molecule has 3 aromatic rings. The summed E-state index contributed by atoms with van der Waals surface area (Å²) in [6.07, 6.45) is 0. The minimum Gasteiger partial charge on any atom is -0.493 e. The van der Waals surface area contributed by atoms with Crippen molar-refractivity contribution in [2.45, 2.75) is 0 Å². The first-order valence-corrected chi connectivity index (χ1v) is 6.99. The molecule has 3 rings (SSSR count). The number of tetrazole rings is 1. The maximum Gasteiger partial charge on any atom is 0.305 e. The third-order valence-corrected chi connectivity index (χ3v) is 3.56. The number of halogens is 1. The highest BCUT2D eigenvalue weighted by atomic mass is 19.1. The van der Waals surface area contributed by atoms with Gasteiger partial charge in [0.1, 0.15) is 0 Å². The Hall–Kier alpha value is -3.56.